The van der Waals surface area contributed by atoms with Crippen molar-refractivity contribution in [3.63, 3.8) is 0 Å². The minimum absolute atomic E-state index is 0.0308. The van der Waals surface area contributed by atoms with E-state index in [4.69, 9.17) is 4.74 Å². The number of likely N-dealkylation sites (N-methyl/N-ethyl adjacent to an activating group) is 1. The molecule has 0 amide bonds. The Morgan fingerprint density at radius 3 is 2.57 bits per heavy atom. The molecule has 1 unspecified atom stereocenters. The zero-order chi connectivity index (χ0) is 15.3. The molecule has 5 nitrogen and oxygen atoms in total. The Hall–Kier alpha value is -0.950. The molecule has 1 saturated heterocycles. The van der Waals surface area contributed by atoms with Crippen molar-refractivity contribution in [1.29, 1.82) is 0 Å². The fraction of sp³-hybridized carbons (Fsp3) is 0.600. The zero-order valence-corrected chi connectivity index (χ0v) is 13.5. The van der Waals surface area contributed by atoms with Crippen LogP contribution in [-0.4, -0.2) is 45.6 Å². The van der Waals surface area contributed by atoms with E-state index in [2.05, 4.69) is 5.32 Å². The summed E-state index contributed by atoms with van der Waals surface area (Å²) in [6, 6.07) is 7.06. The molecule has 1 N–H and O–H groups in total. The van der Waals surface area contributed by atoms with Crippen molar-refractivity contribution in [2.45, 2.75) is 37.3 Å². The maximum Gasteiger partial charge on any atom is 0.243 e. The fourth-order valence-corrected chi connectivity index (χ4v) is 4.03. The molecule has 0 spiro atoms. The first-order valence-electron chi connectivity index (χ1n) is 7.43. The average Bonchev–Trinajstić information content (AvgIpc) is 2.98. The van der Waals surface area contributed by atoms with Crippen molar-refractivity contribution < 1.29 is 13.2 Å². The molecule has 0 radical (unpaired) electrons. The summed E-state index contributed by atoms with van der Waals surface area (Å²) in [6.45, 7) is 4.23. The highest BCUT2D eigenvalue weighted by atomic mass is 32.2. The summed E-state index contributed by atoms with van der Waals surface area (Å²) in [5.74, 6) is 0. The number of hydrogen-bond donors (Lipinski definition) is 1. The normalized spacial score (nSPS) is 19.3. The van der Waals surface area contributed by atoms with Crippen LogP contribution in [0.4, 0.5) is 0 Å². The van der Waals surface area contributed by atoms with E-state index in [0.29, 0.717) is 18.0 Å². The highest BCUT2D eigenvalue weighted by Crippen LogP contribution is 2.20. The summed E-state index contributed by atoms with van der Waals surface area (Å²) < 4.78 is 32.4. The standard InChI is InChI=1S/C15H24N2O3S/c1-3-17(12-14-5-4-10-20-14)21(18,19)15-8-6-13(7-9-15)11-16-2/h6-9,14,16H,3-5,10-12H2,1-2H3. The molecule has 1 aromatic carbocycles. The summed E-state index contributed by atoms with van der Waals surface area (Å²) in [7, 11) is -1.57. The monoisotopic (exact) mass is 312 g/mol. The highest BCUT2D eigenvalue weighted by Gasteiger charge is 2.27. The molecule has 1 aromatic rings. The number of ether oxygens (including phenoxy) is 1. The summed E-state index contributed by atoms with van der Waals surface area (Å²) in [6.07, 6.45) is 1.98. The van der Waals surface area contributed by atoms with Crippen LogP contribution in [0.25, 0.3) is 0 Å². The second kappa shape index (κ2) is 7.35. The number of nitrogens with one attached hydrogen (secondary N) is 1. The maximum absolute atomic E-state index is 12.7. The largest absolute Gasteiger partial charge is 0.377 e. The van der Waals surface area contributed by atoms with Crippen molar-refractivity contribution in [3.05, 3.63) is 29.8 Å². The van der Waals surface area contributed by atoms with Gasteiger partial charge in [0.2, 0.25) is 10.0 Å². The van der Waals surface area contributed by atoms with Crippen LogP contribution in [0.3, 0.4) is 0 Å². The van der Waals surface area contributed by atoms with Crippen LogP contribution in [0.1, 0.15) is 25.3 Å². The lowest BCUT2D eigenvalue weighted by Gasteiger charge is -2.23. The van der Waals surface area contributed by atoms with Crippen LogP contribution < -0.4 is 5.32 Å². The summed E-state index contributed by atoms with van der Waals surface area (Å²) in [5, 5.41) is 3.05. The van der Waals surface area contributed by atoms with E-state index in [1.165, 1.54) is 4.31 Å². The molecule has 1 heterocycles. The van der Waals surface area contributed by atoms with E-state index in [1.54, 1.807) is 12.1 Å². The SMILES string of the molecule is CCN(CC1CCCO1)S(=O)(=O)c1ccc(CNC)cc1. The van der Waals surface area contributed by atoms with Crippen LogP contribution in [0.2, 0.25) is 0 Å². The van der Waals surface area contributed by atoms with Crippen LogP contribution in [0, 0.1) is 0 Å². The van der Waals surface area contributed by atoms with Gasteiger partial charge >= 0.3 is 0 Å². The van der Waals surface area contributed by atoms with Gasteiger partial charge in [0.25, 0.3) is 0 Å². The van der Waals surface area contributed by atoms with E-state index in [9.17, 15) is 8.42 Å². The van der Waals surface area contributed by atoms with Gasteiger partial charge in [0.1, 0.15) is 0 Å². The Bertz CT molecular complexity index is 537. The summed E-state index contributed by atoms with van der Waals surface area (Å²) >= 11 is 0. The van der Waals surface area contributed by atoms with Gasteiger partial charge in [-0.3, -0.25) is 0 Å². The molecule has 1 atom stereocenters. The Kier molecular flexibility index (Phi) is 5.75. The van der Waals surface area contributed by atoms with Gasteiger partial charge < -0.3 is 10.1 Å². The van der Waals surface area contributed by atoms with Crippen LogP contribution in [0.15, 0.2) is 29.2 Å². The molecular formula is C15H24N2O3S. The number of benzene rings is 1. The smallest absolute Gasteiger partial charge is 0.243 e. The maximum atomic E-state index is 12.7. The van der Waals surface area contributed by atoms with E-state index >= 15 is 0 Å². The second-order valence-electron chi connectivity index (χ2n) is 5.26. The van der Waals surface area contributed by atoms with Gasteiger partial charge in [0.15, 0.2) is 0 Å². The third-order valence-corrected chi connectivity index (χ3v) is 5.68. The molecule has 118 valence electrons. The molecule has 21 heavy (non-hydrogen) atoms. The molecule has 2 rings (SSSR count). The zero-order valence-electron chi connectivity index (χ0n) is 12.7. The predicted octanol–water partition coefficient (Wildman–Crippen LogP) is 1.60. The Morgan fingerprint density at radius 1 is 1.33 bits per heavy atom. The third-order valence-electron chi connectivity index (χ3n) is 3.73. The Balaban J connectivity index is 2.13. The Morgan fingerprint density at radius 2 is 2.05 bits per heavy atom. The van der Waals surface area contributed by atoms with Crippen LogP contribution >= 0.6 is 0 Å². The lowest BCUT2D eigenvalue weighted by molar-refractivity contribution is 0.0947. The average molecular weight is 312 g/mol. The van der Waals surface area contributed by atoms with Gasteiger partial charge in [-0.05, 0) is 37.6 Å². The van der Waals surface area contributed by atoms with E-state index < -0.39 is 10.0 Å². The quantitative estimate of drug-likeness (QED) is 0.831. The summed E-state index contributed by atoms with van der Waals surface area (Å²) in [5.41, 5.74) is 1.07. The van der Waals surface area contributed by atoms with Crippen molar-refractivity contribution in [2.24, 2.45) is 0 Å². The third kappa shape index (κ3) is 4.03. The van der Waals surface area contributed by atoms with Gasteiger partial charge in [-0.1, -0.05) is 19.1 Å². The van der Waals surface area contributed by atoms with Gasteiger partial charge in [0.05, 0.1) is 11.0 Å². The molecule has 6 heteroatoms. The number of sulfonamides is 1. The second-order valence-corrected chi connectivity index (χ2v) is 7.20. The molecule has 0 aliphatic carbocycles. The van der Waals surface area contributed by atoms with E-state index in [0.717, 1.165) is 31.6 Å². The Labute approximate surface area is 127 Å². The van der Waals surface area contributed by atoms with Gasteiger partial charge in [-0.25, -0.2) is 8.42 Å². The van der Waals surface area contributed by atoms with Crippen molar-refractivity contribution in [2.75, 3.05) is 26.7 Å². The van der Waals surface area contributed by atoms with Crippen molar-refractivity contribution in [3.8, 4) is 0 Å². The molecule has 0 saturated carbocycles. The van der Waals surface area contributed by atoms with Crippen molar-refractivity contribution in [1.82, 2.24) is 9.62 Å². The molecule has 0 bridgehead atoms. The van der Waals surface area contributed by atoms with Gasteiger partial charge in [-0.2, -0.15) is 4.31 Å². The number of nitrogens with zero attached hydrogens (tertiary/aromatic N) is 1. The summed E-state index contributed by atoms with van der Waals surface area (Å²) in [4.78, 5) is 0.349. The van der Waals surface area contributed by atoms with E-state index in [1.807, 2.05) is 26.1 Å². The van der Waals surface area contributed by atoms with Crippen molar-refractivity contribution >= 4 is 10.0 Å². The van der Waals surface area contributed by atoms with Gasteiger partial charge in [0, 0.05) is 26.2 Å². The molecule has 1 aliphatic heterocycles. The fourth-order valence-electron chi connectivity index (χ4n) is 2.55. The van der Waals surface area contributed by atoms with Crippen LogP contribution in [-0.2, 0) is 21.3 Å². The highest BCUT2D eigenvalue weighted by molar-refractivity contribution is 7.89. The van der Waals surface area contributed by atoms with Gasteiger partial charge in [-0.15, -0.1) is 0 Å². The minimum atomic E-state index is -3.44. The van der Waals surface area contributed by atoms with E-state index in [-0.39, 0.29) is 6.10 Å². The molecular weight excluding hydrogens is 288 g/mol. The number of hydrogen-bond acceptors (Lipinski definition) is 4. The predicted molar refractivity (Wildman–Crippen MR) is 82.6 cm³/mol. The molecule has 0 aromatic heterocycles. The van der Waals surface area contributed by atoms with Crippen LogP contribution in [0.5, 0.6) is 0 Å². The molecule has 1 fully saturated rings. The topological polar surface area (TPSA) is 58.6 Å². The first-order valence-corrected chi connectivity index (χ1v) is 8.87. The molecule has 1 aliphatic rings. The first kappa shape index (κ1) is 16.4. The number of rotatable bonds is 7. The lowest BCUT2D eigenvalue weighted by atomic mass is 10.2. The minimum Gasteiger partial charge on any atom is -0.377 e. The first-order chi connectivity index (χ1) is 10.1. The lowest BCUT2D eigenvalue weighted by Crippen LogP contribution is -2.37.